The normalized spacial score (nSPS) is 11.8. The molecule has 0 saturated heterocycles. The van der Waals surface area contributed by atoms with Crippen molar-refractivity contribution in [1.29, 1.82) is 0 Å². The molecule has 15 heteroatoms. The number of hydrogen-bond donors (Lipinski definition) is 6. The van der Waals surface area contributed by atoms with Gasteiger partial charge in [0.15, 0.2) is 0 Å². The molecule has 0 aliphatic rings. The molecule has 0 spiro atoms. The molecule has 0 rings (SSSR count). The maximum Gasteiger partial charge on any atom is 0.325 e. The third kappa shape index (κ3) is 11.8. The fourth-order valence-corrected chi connectivity index (χ4v) is 1.56. The van der Waals surface area contributed by atoms with Crippen LogP contribution in [0, 0.1) is 9.81 Å². The second-order valence-electron chi connectivity index (χ2n) is 4.24. The third-order valence-electron chi connectivity index (χ3n) is 2.45. The summed E-state index contributed by atoms with van der Waals surface area (Å²) < 4.78 is 1.94. The van der Waals surface area contributed by atoms with E-state index in [1.54, 1.807) is 0 Å². The second kappa shape index (κ2) is 14.1. The highest BCUT2D eigenvalue weighted by Crippen LogP contribution is 2.01. The molecule has 5 N–H and O–H groups in total. The summed E-state index contributed by atoms with van der Waals surface area (Å²) in [5.41, 5.74) is 5.22. The molecular formula is C10H17N5O8S2. The van der Waals surface area contributed by atoms with Crippen LogP contribution in [0.1, 0.15) is 12.8 Å². The molecule has 2 amide bonds. The lowest BCUT2D eigenvalue weighted by atomic mass is 10.1. The molecule has 13 nitrogen and oxygen atoms in total. The molecule has 2 unspecified atom stereocenters. The molecule has 0 aromatic rings. The zero-order valence-corrected chi connectivity index (χ0v) is 14.4. The van der Waals surface area contributed by atoms with Gasteiger partial charge in [0.05, 0.1) is 5.29 Å². The summed E-state index contributed by atoms with van der Waals surface area (Å²) in [6.45, 7) is -0.952. The van der Waals surface area contributed by atoms with Crippen LogP contribution in [0.5, 0.6) is 0 Å². The van der Waals surface area contributed by atoms with E-state index >= 15 is 0 Å². The lowest BCUT2D eigenvalue weighted by molar-refractivity contribution is -0.145. The van der Waals surface area contributed by atoms with Gasteiger partial charge in [0.1, 0.15) is 18.6 Å². The minimum atomic E-state index is -1.45. The molecule has 0 aromatic carbocycles. The monoisotopic (exact) mass is 399 g/mol. The fraction of sp³-hybridized carbons (Fsp3) is 0.600. The Labute approximate surface area is 152 Å². The number of amides is 2. The summed E-state index contributed by atoms with van der Waals surface area (Å²) in [6, 6.07) is -2.50. The van der Waals surface area contributed by atoms with Gasteiger partial charge in [-0.3, -0.25) is 19.2 Å². The van der Waals surface area contributed by atoms with Crippen molar-refractivity contribution < 1.29 is 29.4 Å². The Morgan fingerprint density at radius 1 is 1.20 bits per heavy atom. The summed E-state index contributed by atoms with van der Waals surface area (Å²) in [6.07, 6.45) is -0.419. The van der Waals surface area contributed by atoms with E-state index in [1.165, 1.54) is 0 Å². The summed E-state index contributed by atoms with van der Waals surface area (Å²) in [4.78, 5) is 63.2. The Bertz CT molecular complexity index is 506. The first-order valence-electron chi connectivity index (χ1n) is 6.36. The number of carboxylic acid groups (broad SMARTS) is 2. The van der Waals surface area contributed by atoms with Crippen LogP contribution in [0.3, 0.4) is 0 Å². The maximum absolute atomic E-state index is 11.8. The third-order valence-corrected chi connectivity index (χ3v) is 2.82. The first kappa shape index (κ1) is 25.0. The number of aliphatic carboxylic acids is 2. The molecule has 0 heterocycles. The number of nitroso groups, excluding NO2 is 2. The quantitative estimate of drug-likeness (QED) is 0.147. The highest BCUT2D eigenvalue weighted by molar-refractivity contribution is 7.80. The van der Waals surface area contributed by atoms with Gasteiger partial charge in [-0.1, -0.05) is 0 Å². The van der Waals surface area contributed by atoms with E-state index in [0.29, 0.717) is 0 Å². The van der Waals surface area contributed by atoms with Crippen molar-refractivity contribution in [1.82, 2.24) is 10.3 Å². The highest BCUT2D eigenvalue weighted by atomic mass is 32.1. The summed E-state index contributed by atoms with van der Waals surface area (Å²) in [5, 5.41) is 21.7. The summed E-state index contributed by atoms with van der Waals surface area (Å²) in [7, 11) is 0. The van der Waals surface area contributed by atoms with Crippen molar-refractivity contribution >= 4 is 49.2 Å². The minimum Gasteiger partial charge on any atom is -0.480 e. The summed E-state index contributed by atoms with van der Waals surface area (Å²) in [5.74, 6) is -4.66. The van der Waals surface area contributed by atoms with E-state index in [9.17, 15) is 24.1 Å². The van der Waals surface area contributed by atoms with Gasteiger partial charge in [0, 0.05) is 29.6 Å². The average molecular weight is 399 g/mol. The van der Waals surface area contributed by atoms with Crippen LogP contribution < -0.4 is 11.1 Å². The van der Waals surface area contributed by atoms with Crippen molar-refractivity contribution in [2.75, 3.05) is 12.3 Å². The number of nitrogens with two attached hydrogens (primary N) is 1. The number of nitrogens with zero attached hydrogens (tertiary/aromatic N) is 3. The largest absolute Gasteiger partial charge is 0.480 e. The van der Waals surface area contributed by atoms with Gasteiger partial charge in [0.25, 0.3) is 5.91 Å². The number of carboxylic acids is 2. The predicted molar refractivity (Wildman–Crippen MR) is 90.6 cm³/mol. The number of carbonyl (C=O) groups excluding carboxylic acids is 2. The Morgan fingerprint density at radius 2 is 1.72 bits per heavy atom. The maximum atomic E-state index is 11.8. The molecule has 25 heavy (non-hydrogen) atoms. The van der Waals surface area contributed by atoms with Gasteiger partial charge in [-0.15, -0.1) is 9.81 Å². The number of hydrogen-bond acceptors (Lipinski definition) is 10. The van der Waals surface area contributed by atoms with Gasteiger partial charge in [-0.05, 0) is 6.42 Å². The molecular weight excluding hydrogens is 382 g/mol. The smallest absolute Gasteiger partial charge is 0.325 e. The molecule has 0 radical (unpaired) electrons. The molecule has 0 bridgehead atoms. The average Bonchev–Trinajstić information content (AvgIpc) is 2.55. The number of rotatable bonds is 10. The molecule has 2 atom stereocenters. The number of thiol groups is 2. The fourth-order valence-electron chi connectivity index (χ4n) is 1.32. The lowest BCUT2D eigenvalue weighted by Gasteiger charge is -2.19. The van der Waals surface area contributed by atoms with Crippen LogP contribution in [-0.2, 0) is 19.2 Å². The topological polar surface area (TPSA) is 209 Å². The molecule has 142 valence electrons. The zero-order chi connectivity index (χ0) is 20.0. The molecule has 0 saturated carbocycles. The summed E-state index contributed by atoms with van der Waals surface area (Å²) >= 11 is 6.68. The zero-order valence-electron chi connectivity index (χ0n) is 12.6. The van der Waals surface area contributed by atoms with Crippen molar-refractivity contribution in [2.24, 2.45) is 15.6 Å². The Balaban J connectivity index is 0. The SMILES string of the molecule is NC(CCC(=O)NC(CS)C(=O)N(CC(=O)O)N=O)C(=O)O.O=NS. The van der Waals surface area contributed by atoms with Gasteiger partial charge in [-0.2, -0.15) is 17.6 Å². The van der Waals surface area contributed by atoms with Crippen molar-refractivity contribution in [3.05, 3.63) is 9.81 Å². The van der Waals surface area contributed by atoms with E-state index in [-0.39, 0.29) is 23.6 Å². The predicted octanol–water partition coefficient (Wildman–Crippen LogP) is -1.21. The highest BCUT2D eigenvalue weighted by Gasteiger charge is 2.27. The van der Waals surface area contributed by atoms with Crippen molar-refractivity contribution in [2.45, 2.75) is 24.9 Å². The van der Waals surface area contributed by atoms with Crippen LogP contribution in [0.4, 0.5) is 0 Å². The molecule has 0 fully saturated rings. The first-order valence-corrected chi connectivity index (χ1v) is 7.39. The lowest BCUT2D eigenvalue weighted by Crippen LogP contribution is -2.49. The number of nitrogens with one attached hydrogen (secondary N) is 1. The van der Waals surface area contributed by atoms with E-state index in [0.717, 1.165) is 0 Å². The van der Waals surface area contributed by atoms with E-state index in [2.05, 4.69) is 36.0 Å². The molecule has 0 aliphatic carbocycles. The Kier molecular flexibility index (Phi) is 14.1. The van der Waals surface area contributed by atoms with Gasteiger partial charge >= 0.3 is 11.9 Å². The standard InChI is InChI=1S/C10H16N4O7S.HNOS/c11-5(10(19)20)1-2-7(15)12-6(4-22)9(18)14(13-21)3-8(16)17;2-1-3/h5-6,22H,1-4,11H2,(H,12,15)(H,16,17)(H,19,20);(H,2,3). The van der Waals surface area contributed by atoms with Gasteiger partial charge in [-0.25, -0.2) is 0 Å². The van der Waals surface area contributed by atoms with Crippen LogP contribution in [-0.4, -0.2) is 63.4 Å². The second-order valence-corrected chi connectivity index (χ2v) is 4.77. The number of carbonyl (C=O) groups is 4. The van der Waals surface area contributed by atoms with Crippen LogP contribution >= 0.6 is 25.4 Å². The van der Waals surface area contributed by atoms with Crippen molar-refractivity contribution in [3.8, 4) is 0 Å². The van der Waals surface area contributed by atoms with E-state index in [1.807, 2.05) is 4.58 Å². The van der Waals surface area contributed by atoms with Crippen molar-refractivity contribution in [3.63, 3.8) is 0 Å². The van der Waals surface area contributed by atoms with E-state index in [4.69, 9.17) is 20.9 Å². The first-order chi connectivity index (χ1) is 11.6. The van der Waals surface area contributed by atoms with Gasteiger partial charge < -0.3 is 21.3 Å². The van der Waals surface area contributed by atoms with Crippen LogP contribution in [0.25, 0.3) is 0 Å². The Hall–Kier alpha value is -2.26. The molecule has 0 aromatic heterocycles. The minimum absolute atomic E-state index is 0.145. The molecule has 0 aliphatic heterocycles. The van der Waals surface area contributed by atoms with Gasteiger partial charge in [0.2, 0.25) is 5.91 Å². The van der Waals surface area contributed by atoms with Crippen LogP contribution in [0.15, 0.2) is 9.87 Å². The Morgan fingerprint density at radius 3 is 2.08 bits per heavy atom. The van der Waals surface area contributed by atoms with E-state index < -0.39 is 42.4 Å². The van der Waals surface area contributed by atoms with Crippen LogP contribution in [0.2, 0.25) is 0 Å².